The first-order valence-corrected chi connectivity index (χ1v) is 10.7. The van der Waals surface area contributed by atoms with Gasteiger partial charge in [-0.2, -0.15) is 5.10 Å². The molecule has 1 fully saturated rings. The minimum absolute atomic E-state index is 0.221. The number of fused-ring (bicyclic) bond motifs is 3. The van der Waals surface area contributed by atoms with Crippen LogP contribution in [0, 0.1) is 0 Å². The summed E-state index contributed by atoms with van der Waals surface area (Å²) in [6, 6.07) is 9.21. The van der Waals surface area contributed by atoms with Gasteiger partial charge in [0.25, 0.3) is 0 Å². The molecule has 5 rings (SSSR count). The van der Waals surface area contributed by atoms with Crippen molar-refractivity contribution in [1.82, 2.24) is 20.1 Å². The lowest BCUT2D eigenvalue weighted by Gasteiger charge is -2.20. The zero-order valence-electron chi connectivity index (χ0n) is 14.6. The van der Waals surface area contributed by atoms with E-state index in [1.165, 1.54) is 11.9 Å². The van der Waals surface area contributed by atoms with Crippen LogP contribution in [0.1, 0.15) is 18.5 Å². The Bertz CT molecular complexity index is 1130. The van der Waals surface area contributed by atoms with Crippen LogP contribution in [0.25, 0.3) is 22.2 Å². The fourth-order valence-corrected chi connectivity index (χ4v) is 4.92. The Balaban J connectivity index is 1.60. The van der Waals surface area contributed by atoms with E-state index < -0.39 is 9.84 Å². The van der Waals surface area contributed by atoms with Crippen LogP contribution < -0.4 is 5.32 Å². The van der Waals surface area contributed by atoms with Gasteiger partial charge in [-0.25, -0.2) is 8.42 Å². The molecular weight excluding hydrogens is 348 g/mol. The Morgan fingerprint density at radius 1 is 1.19 bits per heavy atom. The molecular formula is C19H20N4O2S. The molecule has 0 amide bonds. The van der Waals surface area contributed by atoms with Crippen LogP contribution in [0.4, 0.5) is 0 Å². The monoisotopic (exact) mass is 368 g/mol. The van der Waals surface area contributed by atoms with Crippen molar-refractivity contribution < 1.29 is 8.42 Å². The quantitative estimate of drug-likeness (QED) is 0.750. The normalized spacial score (nSPS) is 22.3. The molecule has 2 aromatic heterocycles. The maximum Gasteiger partial charge on any atom is 0.175 e. The van der Waals surface area contributed by atoms with E-state index >= 15 is 0 Å². The number of nitrogens with zero attached hydrogens (tertiary/aromatic N) is 3. The molecule has 1 spiro atoms. The van der Waals surface area contributed by atoms with Gasteiger partial charge in [0.1, 0.15) is 0 Å². The molecule has 1 saturated heterocycles. The minimum Gasteiger partial charge on any atom is -0.316 e. The van der Waals surface area contributed by atoms with E-state index in [-0.39, 0.29) is 5.41 Å². The van der Waals surface area contributed by atoms with Gasteiger partial charge in [0.05, 0.1) is 16.1 Å². The number of nitrogens with one attached hydrogen (secondary N) is 1. The van der Waals surface area contributed by atoms with E-state index in [1.807, 2.05) is 12.3 Å². The van der Waals surface area contributed by atoms with Crippen LogP contribution in [0.3, 0.4) is 0 Å². The maximum atomic E-state index is 11.8. The van der Waals surface area contributed by atoms with Gasteiger partial charge in [-0.3, -0.25) is 9.67 Å². The van der Waals surface area contributed by atoms with E-state index in [9.17, 15) is 8.42 Å². The largest absolute Gasteiger partial charge is 0.316 e. The Labute approximate surface area is 152 Å². The van der Waals surface area contributed by atoms with E-state index in [2.05, 4.69) is 21.0 Å². The maximum absolute atomic E-state index is 11.8. The minimum atomic E-state index is -3.24. The number of hydrogen-bond donors (Lipinski definition) is 1. The number of pyridine rings is 1. The molecule has 1 N–H and O–H groups in total. The van der Waals surface area contributed by atoms with Gasteiger partial charge >= 0.3 is 0 Å². The van der Waals surface area contributed by atoms with E-state index in [4.69, 9.17) is 5.10 Å². The van der Waals surface area contributed by atoms with E-state index in [0.29, 0.717) is 4.90 Å². The molecule has 1 unspecified atom stereocenters. The lowest BCUT2D eigenvalue weighted by Crippen LogP contribution is -2.25. The number of aryl methyl sites for hydroxylation is 1. The third kappa shape index (κ3) is 2.38. The molecule has 1 atom stereocenters. The lowest BCUT2D eigenvalue weighted by atomic mass is 9.82. The molecule has 2 aliphatic rings. The topological polar surface area (TPSA) is 76.9 Å². The average molecular weight is 368 g/mol. The van der Waals surface area contributed by atoms with Gasteiger partial charge in [0, 0.05) is 47.6 Å². The summed E-state index contributed by atoms with van der Waals surface area (Å²) in [6.07, 6.45) is 5.35. The Morgan fingerprint density at radius 2 is 2.08 bits per heavy atom. The molecule has 26 heavy (non-hydrogen) atoms. The molecule has 2 aliphatic heterocycles. The van der Waals surface area contributed by atoms with Crippen molar-refractivity contribution in [3.05, 3.63) is 42.2 Å². The fourth-order valence-electron chi connectivity index (χ4n) is 4.26. The van der Waals surface area contributed by atoms with Gasteiger partial charge in [0.15, 0.2) is 9.84 Å². The second-order valence-corrected chi connectivity index (χ2v) is 9.46. The highest BCUT2D eigenvalue weighted by Crippen LogP contribution is 2.41. The molecule has 7 heteroatoms. The predicted molar refractivity (Wildman–Crippen MR) is 99.9 cm³/mol. The number of rotatable bonds is 2. The molecule has 4 heterocycles. The highest BCUT2D eigenvalue weighted by atomic mass is 32.2. The summed E-state index contributed by atoms with van der Waals surface area (Å²) in [5.41, 5.74) is 4.14. The van der Waals surface area contributed by atoms with Crippen molar-refractivity contribution in [3.8, 4) is 11.3 Å². The highest BCUT2D eigenvalue weighted by molar-refractivity contribution is 7.90. The number of sulfone groups is 1. The number of benzene rings is 1. The summed E-state index contributed by atoms with van der Waals surface area (Å²) in [6.45, 7) is 3.04. The van der Waals surface area contributed by atoms with Crippen molar-refractivity contribution in [2.45, 2.75) is 29.7 Å². The van der Waals surface area contributed by atoms with Crippen LogP contribution >= 0.6 is 0 Å². The summed E-state index contributed by atoms with van der Waals surface area (Å²) < 4.78 is 25.8. The van der Waals surface area contributed by atoms with Crippen LogP contribution in [0.2, 0.25) is 0 Å². The Hall–Kier alpha value is -2.25. The second kappa shape index (κ2) is 5.37. The molecule has 0 aliphatic carbocycles. The Morgan fingerprint density at radius 3 is 2.85 bits per heavy atom. The van der Waals surface area contributed by atoms with Crippen LogP contribution in [-0.4, -0.2) is 42.5 Å². The molecule has 0 bridgehead atoms. The SMILES string of the molecule is CS(=O)(=O)c1ccc2ncc(-c3cc4n(n3)CCC43CCNC3)cc2c1. The molecule has 3 aromatic rings. The van der Waals surface area contributed by atoms with Crippen molar-refractivity contribution in [3.63, 3.8) is 0 Å². The zero-order valence-corrected chi connectivity index (χ0v) is 15.4. The van der Waals surface area contributed by atoms with Crippen molar-refractivity contribution in [2.24, 2.45) is 0 Å². The first-order valence-electron chi connectivity index (χ1n) is 8.84. The summed E-state index contributed by atoms with van der Waals surface area (Å²) in [5.74, 6) is 0. The van der Waals surface area contributed by atoms with Gasteiger partial charge in [-0.1, -0.05) is 0 Å². The van der Waals surface area contributed by atoms with Gasteiger partial charge in [-0.05, 0) is 49.7 Å². The Kier molecular flexibility index (Phi) is 3.30. The third-order valence-corrected chi connectivity index (χ3v) is 6.86. The molecule has 0 radical (unpaired) electrons. The third-order valence-electron chi connectivity index (χ3n) is 5.75. The average Bonchev–Trinajstić information content (AvgIpc) is 3.32. The standard InChI is InChI=1S/C19H20N4O2S/c1-26(24,25)15-2-3-16-13(9-15)8-14(11-21-16)17-10-18-19(4-6-20-12-19)5-7-23(18)22-17/h2-3,8-11,20H,4-7,12H2,1H3. The smallest absolute Gasteiger partial charge is 0.175 e. The van der Waals surface area contributed by atoms with E-state index in [0.717, 1.165) is 54.6 Å². The molecule has 134 valence electrons. The number of hydrogen-bond acceptors (Lipinski definition) is 5. The van der Waals surface area contributed by atoms with Crippen molar-refractivity contribution in [2.75, 3.05) is 19.3 Å². The summed E-state index contributed by atoms with van der Waals surface area (Å²) in [7, 11) is -3.24. The van der Waals surface area contributed by atoms with Crippen molar-refractivity contribution in [1.29, 1.82) is 0 Å². The highest BCUT2D eigenvalue weighted by Gasteiger charge is 2.42. The van der Waals surface area contributed by atoms with Gasteiger partial charge < -0.3 is 5.32 Å². The summed E-state index contributed by atoms with van der Waals surface area (Å²) in [4.78, 5) is 4.81. The van der Waals surface area contributed by atoms with Crippen molar-refractivity contribution >= 4 is 20.7 Å². The van der Waals surface area contributed by atoms with Gasteiger partial charge in [0.2, 0.25) is 0 Å². The molecule has 6 nitrogen and oxygen atoms in total. The van der Waals surface area contributed by atoms with E-state index in [1.54, 1.807) is 18.2 Å². The van der Waals surface area contributed by atoms with Crippen LogP contribution in [0.15, 0.2) is 41.4 Å². The molecule has 0 saturated carbocycles. The first kappa shape index (κ1) is 16.0. The summed E-state index contributed by atoms with van der Waals surface area (Å²) >= 11 is 0. The summed E-state index contributed by atoms with van der Waals surface area (Å²) in [5, 5.41) is 9.08. The number of aromatic nitrogens is 3. The lowest BCUT2D eigenvalue weighted by molar-refractivity contribution is 0.467. The van der Waals surface area contributed by atoms with Gasteiger partial charge in [-0.15, -0.1) is 0 Å². The second-order valence-electron chi connectivity index (χ2n) is 7.45. The zero-order chi connectivity index (χ0) is 17.9. The fraction of sp³-hybridized carbons (Fsp3) is 0.368. The molecule has 1 aromatic carbocycles. The predicted octanol–water partition coefficient (Wildman–Crippen LogP) is 2.14. The first-order chi connectivity index (χ1) is 12.4. The van der Waals surface area contributed by atoms with Crippen LogP contribution in [-0.2, 0) is 21.8 Å². The van der Waals surface area contributed by atoms with Crippen LogP contribution in [0.5, 0.6) is 0 Å².